The van der Waals surface area contributed by atoms with E-state index in [9.17, 15) is 9.59 Å². The molecule has 1 aliphatic carbocycles. The molecule has 0 spiro atoms. The minimum atomic E-state index is -0.324. The zero-order chi connectivity index (χ0) is 17.2. The van der Waals surface area contributed by atoms with Gasteiger partial charge in [0, 0.05) is 11.4 Å². The second-order valence-corrected chi connectivity index (χ2v) is 6.53. The van der Waals surface area contributed by atoms with Crippen LogP contribution in [0.1, 0.15) is 24.3 Å². The lowest BCUT2D eigenvalue weighted by atomic mass is 9.93. The normalized spacial score (nSPS) is 17.9. The number of benzene rings is 2. The second kappa shape index (κ2) is 6.59. The maximum atomic E-state index is 12.8. The van der Waals surface area contributed by atoms with Gasteiger partial charge in [-0.25, -0.2) is 4.79 Å². The molecule has 0 bridgehead atoms. The Morgan fingerprint density at radius 3 is 2.40 bits per heavy atom. The van der Waals surface area contributed by atoms with Crippen molar-refractivity contribution in [2.75, 3.05) is 23.4 Å². The maximum absolute atomic E-state index is 12.8. The van der Waals surface area contributed by atoms with Gasteiger partial charge in [0.1, 0.15) is 6.61 Å². The predicted molar refractivity (Wildman–Crippen MR) is 95.7 cm³/mol. The van der Waals surface area contributed by atoms with Gasteiger partial charge in [-0.3, -0.25) is 9.69 Å². The smallest absolute Gasteiger partial charge is 0.414 e. The van der Waals surface area contributed by atoms with Crippen LogP contribution in [0, 0.1) is 5.92 Å². The van der Waals surface area contributed by atoms with E-state index in [2.05, 4.69) is 5.32 Å². The summed E-state index contributed by atoms with van der Waals surface area (Å²) in [5.41, 5.74) is 2.59. The van der Waals surface area contributed by atoms with Gasteiger partial charge in [0.15, 0.2) is 0 Å². The third-order valence-corrected chi connectivity index (χ3v) is 4.74. The Kier molecular flexibility index (Phi) is 4.14. The van der Waals surface area contributed by atoms with E-state index >= 15 is 0 Å². The van der Waals surface area contributed by atoms with Gasteiger partial charge in [0.2, 0.25) is 5.91 Å². The van der Waals surface area contributed by atoms with E-state index < -0.39 is 0 Å². The van der Waals surface area contributed by atoms with Crippen LogP contribution in [0.4, 0.5) is 16.2 Å². The molecule has 2 aromatic rings. The standard InChI is InChI=1S/C20H20N2O3/c23-19(18(15-6-7-15)14-4-2-1-3-5-14)21-16-8-10-17(11-9-16)22-12-13-25-20(22)24/h1-5,8-11,15,18H,6-7,12-13H2,(H,21,23). The number of carbonyl (C=O) groups is 2. The fraction of sp³-hybridized carbons (Fsp3) is 0.300. The van der Waals surface area contributed by atoms with Gasteiger partial charge in [-0.1, -0.05) is 30.3 Å². The van der Waals surface area contributed by atoms with Gasteiger partial charge < -0.3 is 10.1 Å². The highest BCUT2D eigenvalue weighted by atomic mass is 16.6. The number of amides is 2. The summed E-state index contributed by atoms with van der Waals surface area (Å²) in [6.07, 6.45) is 1.88. The van der Waals surface area contributed by atoms with E-state index in [-0.39, 0.29) is 17.9 Å². The number of carbonyl (C=O) groups excluding carboxylic acids is 2. The predicted octanol–water partition coefficient (Wildman–Crippen LogP) is 3.78. The first-order valence-electron chi connectivity index (χ1n) is 8.62. The van der Waals surface area contributed by atoms with Crippen LogP contribution in [-0.4, -0.2) is 25.2 Å². The molecule has 2 fully saturated rings. The zero-order valence-electron chi connectivity index (χ0n) is 13.9. The molecule has 1 aliphatic heterocycles. The first-order chi connectivity index (χ1) is 12.2. The highest BCUT2D eigenvalue weighted by Crippen LogP contribution is 2.43. The molecular weight excluding hydrogens is 316 g/mol. The van der Waals surface area contributed by atoms with Crippen LogP contribution in [0.15, 0.2) is 54.6 Å². The lowest BCUT2D eigenvalue weighted by molar-refractivity contribution is -0.118. The van der Waals surface area contributed by atoms with Crippen LogP contribution in [0.2, 0.25) is 0 Å². The molecule has 2 aliphatic rings. The van der Waals surface area contributed by atoms with Crippen molar-refractivity contribution in [3.05, 3.63) is 60.2 Å². The molecule has 1 saturated heterocycles. The van der Waals surface area contributed by atoms with Crippen LogP contribution in [0.25, 0.3) is 0 Å². The van der Waals surface area contributed by atoms with E-state index in [0.717, 1.165) is 29.8 Å². The third-order valence-electron chi connectivity index (χ3n) is 4.74. The van der Waals surface area contributed by atoms with Crippen molar-refractivity contribution in [3.8, 4) is 0 Å². The molecule has 0 radical (unpaired) electrons. The topological polar surface area (TPSA) is 58.6 Å². The minimum Gasteiger partial charge on any atom is -0.447 e. The van der Waals surface area contributed by atoms with Gasteiger partial charge in [0.05, 0.1) is 12.5 Å². The molecule has 4 rings (SSSR count). The van der Waals surface area contributed by atoms with Crippen LogP contribution in [0.5, 0.6) is 0 Å². The average Bonchev–Trinajstić information content (AvgIpc) is 3.37. The Labute approximate surface area is 146 Å². The molecule has 1 heterocycles. The number of ether oxygens (including phenoxy) is 1. The number of nitrogens with one attached hydrogen (secondary N) is 1. The summed E-state index contributed by atoms with van der Waals surface area (Å²) in [5.74, 6) is 0.359. The van der Waals surface area contributed by atoms with Crippen LogP contribution in [-0.2, 0) is 9.53 Å². The van der Waals surface area contributed by atoms with Crippen molar-refractivity contribution < 1.29 is 14.3 Å². The molecule has 5 heteroatoms. The van der Waals surface area contributed by atoms with Crippen molar-refractivity contribution in [3.63, 3.8) is 0 Å². The average molecular weight is 336 g/mol. The lowest BCUT2D eigenvalue weighted by Crippen LogP contribution is -2.24. The molecule has 2 amide bonds. The highest BCUT2D eigenvalue weighted by molar-refractivity contribution is 5.97. The summed E-state index contributed by atoms with van der Waals surface area (Å²) in [5, 5.41) is 3.02. The number of rotatable bonds is 5. The number of cyclic esters (lactones) is 1. The second-order valence-electron chi connectivity index (χ2n) is 6.53. The summed E-state index contributed by atoms with van der Waals surface area (Å²) in [7, 11) is 0. The number of anilines is 2. The summed E-state index contributed by atoms with van der Waals surface area (Å²) >= 11 is 0. The zero-order valence-corrected chi connectivity index (χ0v) is 13.9. The summed E-state index contributed by atoms with van der Waals surface area (Å²) in [6.45, 7) is 0.972. The number of hydrogen-bond acceptors (Lipinski definition) is 3. The van der Waals surface area contributed by atoms with E-state index in [0.29, 0.717) is 19.1 Å². The van der Waals surface area contributed by atoms with Crippen molar-refractivity contribution in [2.45, 2.75) is 18.8 Å². The largest absolute Gasteiger partial charge is 0.447 e. The monoisotopic (exact) mass is 336 g/mol. The Morgan fingerprint density at radius 1 is 1.08 bits per heavy atom. The van der Waals surface area contributed by atoms with E-state index in [1.165, 1.54) is 0 Å². The van der Waals surface area contributed by atoms with Gasteiger partial charge in [-0.2, -0.15) is 0 Å². The molecule has 1 atom stereocenters. The van der Waals surface area contributed by atoms with Crippen molar-refractivity contribution >= 4 is 23.4 Å². The molecule has 128 valence electrons. The first-order valence-corrected chi connectivity index (χ1v) is 8.62. The molecule has 0 aromatic heterocycles. The Bertz CT molecular complexity index is 769. The molecule has 1 N–H and O–H groups in total. The highest BCUT2D eigenvalue weighted by Gasteiger charge is 2.37. The van der Waals surface area contributed by atoms with E-state index in [4.69, 9.17) is 4.74 Å². The molecular formula is C20H20N2O3. The Morgan fingerprint density at radius 2 is 1.80 bits per heavy atom. The maximum Gasteiger partial charge on any atom is 0.414 e. The van der Waals surface area contributed by atoms with Crippen LogP contribution >= 0.6 is 0 Å². The van der Waals surface area contributed by atoms with E-state index in [1.54, 1.807) is 4.90 Å². The van der Waals surface area contributed by atoms with Gasteiger partial charge >= 0.3 is 6.09 Å². The van der Waals surface area contributed by atoms with Crippen molar-refractivity contribution in [2.24, 2.45) is 5.92 Å². The first kappa shape index (κ1) is 15.7. The van der Waals surface area contributed by atoms with Crippen molar-refractivity contribution in [1.82, 2.24) is 0 Å². The van der Waals surface area contributed by atoms with Gasteiger partial charge in [-0.15, -0.1) is 0 Å². The number of nitrogens with zero attached hydrogens (tertiary/aromatic N) is 1. The summed E-state index contributed by atoms with van der Waals surface area (Å²) < 4.78 is 4.95. The summed E-state index contributed by atoms with van der Waals surface area (Å²) in [4.78, 5) is 26.0. The summed E-state index contributed by atoms with van der Waals surface area (Å²) in [6, 6.07) is 17.3. The fourth-order valence-corrected chi connectivity index (χ4v) is 3.30. The molecule has 2 aromatic carbocycles. The Hall–Kier alpha value is -2.82. The van der Waals surface area contributed by atoms with Gasteiger partial charge in [0.25, 0.3) is 0 Å². The Balaban J connectivity index is 1.47. The van der Waals surface area contributed by atoms with Crippen LogP contribution in [0.3, 0.4) is 0 Å². The molecule has 1 unspecified atom stereocenters. The van der Waals surface area contributed by atoms with Crippen LogP contribution < -0.4 is 10.2 Å². The molecule has 25 heavy (non-hydrogen) atoms. The molecule has 1 saturated carbocycles. The number of hydrogen-bond donors (Lipinski definition) is 1. The quantitative estimate of drug-likeness (QED) is 0.904. The third kappa shape index (κ3) is 3.36. The SMILES string of the molecule is O=C(Nc1ccc(N2CCOC2=O)cc1)C(c1ccccc1)C1CC1. The molecule has 5 nitrogen and oxygen atoms in total. The van der Waals surface area contributed by atoms with Gasteiger partial charge in [-0.05, 0) is 48.6 Å². The lowest BCUT2D eigenvalue weighted by Gasteiger charge is -2.17. The fourth-order valence-electron chi connectivity index (χ4n) is 3.30. The van der Waals surface area contributed by atoms with E-state index in [1.807, 2.05) is 54.6 Å². The minimum absolute atomic E-state index is 0.0297. The van der Waals surface area contributed by atoms with Crippen molar-refractivity contribution in [1.29, 1.82) is 0 Å².